The maximum Gasteiger partial charge on any atom is 0.573 e. The molecular weight excluding hydrogens is 930 g/mol. The highest BCUT2D eigenvalue weighted by Gasteiger charge is 2.31. The second-order valence-electron chi connectivity index (χ2n) is 11.1. The van der Waals surface area contributed by atoms with Crippen LogP contribution in [0.3, 0.4) is 0 Å². The highest BCUT2D eigenvalue weighted by atomic mass is 79.9. The number of carboxylic acids is 4. The quantitative estimate of drug-likeness (QED) is 0.111. The monoisotopic (exact) mass is 952 g/mol. The Bertz CT molecular complexity index is 2820. The summed E-state index contributed by atoms with van der Waals surface area (Å²) in [6.07, 6.45) is -4.77. The Morgan fingerprint density at radius 1 is 0.627 bits per heavy atom. The van der Waals surface area contributed by atoms with Gasteiger partial charge in [-0.1, -0.05) is 28.1 Å². The van der Waals surface area contributed by atoms with Gasteiger partial charge in [0.25, 0.3) is 0 Å². The number of methoxy groups -OCH3 is 1. The highest BCUT2D eigenvalue weighted by molar-refractivity contribution is 9.10. The molecule has 59 heavy (non-hydrogen) atoms. The summed E-state index contributed by atoms with van der Waals surface area (Å²) in [6, 6.07) is 19.4. The standard InChI is InChI=1S/C10H9NO3S.C9H4F3NO3S.C9H7NO3S.C8H4BrNO2S/c1-2-14-6-3-4-7-8(5-6)15-11-9(7)10(12)13;10-9(11,12)16-4-1-2-5-6(3-4)17-13-7(5)8(14)15;1-13-6-4-2-3-5-7(9(11)12)10-14-8(5)6;9-4-1-2-5-6(3-4)13-10-7(5)8(11)12/h3-5H,2H2,1H3,(H,12,13);1-3H,(H,14,15);2-4H,1H3,(H,11,12);1-3H,(H,11,12). The molecule has 0 atom stereocenters. The fraction of sp³-hybridized carbons (Fsp3) is 0.111. The molecule has 4 N–H and O–H groups in total. The lowest BCUT2D eigenvalue weighted by atomic mass is 10.2. The fourth-order valence-electron chi connectivity index (χ4n) is 4.92. The summed E-state index contributed by atoms with van der Waals surface area (Å²) in [5.74, 6) is -3.20. The molecule has 8 rings (SSSR count). The molecule has 0 fully saturated rings. The van der Waals surface area contributed by atoms with Gasteiger partial charge in [-0.2, -0.15) is 17.5 Å². The molecule has 0 unspecified atom stereocenters. The Kier molecular flexibility index (Phi) is 14.3. The third-order valence-electron chi connectivity index (χ3n) is 7.36. The fourth-order valence-corrected chi connectivity index (χ4v) is 8.70. The third-order valence-corrected chi connectivity index (χ3v) is 11.2. The van der Waals surface area contributed by atoms with Gasteiger partial charge in [-0.15, -0.1) is 13.2 Å². The predicted molar refractivity (Wildman–Crippen MR) is 218 cm³/mol. The van der Waals surface area contributed by atoms with Gasteiger partial charge < -0.3 is 34.6 Å². The molecule has 0 bridgehead atoms. The van der Waals surface area contributed by atoms with E-state index < -0.39 is 36.0 Å². The van der Waals surface area contributed by atoms with Crippen LogP contribution in [0.1, 0.15) is 48.9 Å². The Balaban J connectivity index is 0.000000150. The number of carbonyl (C=O) groups is 4. The van der Waals surface area contributed by atoms with Crippen molar-refractivity contribution in [1.82, 2.24) is 17.5 Å². The number of halogens is 4. The van der Waals surface area contributed by atoms with Gasteiger partial charge in [0.1, 0.15) is 17.2 Å². The van der Waals surface area contributed by atoms with E-state index >= 15 is 0 Å². The van der Waals surface area contributed by atoms with E-state index in [4.69, 9.17) is 29.9 Å². The lowest BCUT2D eigenvalue weighted by Crippen LogP contribution is -2.16. The van der Waals surface area contributed by atoms with Crippen LogP contribution in [0.4, 0.5) is 13.2 Å². The zero-order valence-electron chi connectivity index (χ0n) is 29.7. The van der Waals surface area contributed by atoms with Crippen LogP contribution < -0.4 is 14.2 Å². The molecule has 0 aliphatic heterocycles. The Labute approximate surface area is 353 Å². The summed E-state index contributed by atoms with van der Waals surface area (Å²) in [4.78, 5) is 43.0. The van der Waals surface area contributed by atoms with Gasteiger partial charge in [0.2, 0.25) is 0 Å². The maximum absolute atomic E-state index is 11.9. The molecule has 0 aliphatic rings. The van der Waals surface area contributed by atoms with Gasteiger partial charge in [-0.25, -0.2) is 19.2 Å². The number of alkyl halides is 3. The molecular formula is C36H24BrF3N4O11S4. The van der Waals surface area contributed by atoms with Crippen LogP contribution in [0.25, 0.3) is 40.3 Å². The third kappa shape index (κ3) is 10.9. The minimum atomic E-state index is -4.77. The van der Waals surface area contributed by atoms with Gasteiger partial charge >= 0.3 is 30.2 Å². The van der Waals surface area contributed by atoms with Crippen LogP contribution >= 0.6 is 62.1 Å². The van der Waals surface area contributed by atoms with Gasteiger partial charge in [0.15, 0.2) is 22.8 Å². The first-order valence-electron chi connectivity index (χ1n) is 16.1. The van der Waals surface area contributed by atoms with E-state index in [1.807, 2.05) is 25.1 Å². The van der Waals surface area contributed by atoms with Crippen LogP contribution in [0, 0.1) is 0 Å². The van der Waals surface area contributed by atoms with Crippen molar-refractivity contribution in [3.05, 3.63) is 100 Å². The average molecular weight is 954 g/mol. The van der Waals surface area contributed by atoms with Gasteiger partial charge in [-0.3, -0.25) is 0 Å². The van der Waals surface area contributed by atoms with Crippen molar-refractivity contribution in [2.75, 3.05) is 13.7 Å². The molecule has 306 valence electrons. The number of hydrogen-bond acceptors (Lipinski definition) is 15. The van der Waals surface area contributed by atoms with Gasteiger partial charge in [0, 0.05) is 26.0 Å². The number of benzene rings is 4. The molecule has 0 spiro atoms. The Morgan fingerprint density at radius 2 is 1.07 bits per heavy atom. The van der Waals surface area contributed by atoms with Crippen molar-refractivity contribution in [3.8, 4) is 17.2 Å². The molecule has 0 saturated carbocycles. The number of aromatic carboxylic acids is 4. The maximum atomic E-state index is 11.9. The number of aromatic nitrogens is 4. The molecule has 4 aromatic carbocycles. The first-order chi connectivity index (χ1) is 28.0. The summed E-state index contributed by atoms with van der Waals surface area (Å²) in [5.41, 5.74) is 0.151. The number of ether oxygens (including phenoxy) is 3. The summed E-state index contributed by atoms with van der Waals surface area (Å²) < 4.78 is 68.9. The normalized spacial score (nSPS) is 10.8. The lowest BCUT2D eigenvalue weighted by Gasteiger charge is -2.08. The molecule has 0 amide bonds. The molecule has 0 radical (unpaired) electrons. The van der Waals surface area contributed by atoms with Crippen LogP contribution in [0.5, 0.6) is 17.2 Å². The van der Waals surface area contributed by atoms with E-state index in [0.717, 1.165) is 59.5 Å². The van der Waals surface area contributed by atoms with Crippen molar-refractivity contribution in [2.24, 2.45) is 0 Å². The second-order valence-corrected chi connectivity index (χ2v) is 15.2. The van der Waals surface area contributed by atoms with Crippen LogP contribution in [0.15, 0.2) is 77.3 Å². The number of fused-ring (bicyclic) bond motifs is 4. The zero-order valence-corrected chi connectivity index (χ0v) is 34.6. The first kappa shape index (κ1) is 44.1. The SMILES string of the molecule is CCOc1ccc2c(C(=O)O)nsc2c1.COc1cccc2c(C(=O)O)nsc12.O=C(O)c1nsc2cc(Br)ccc12.O=C(O)c1nsc2cc(OC(F)(F)F)ccc12. The molecule has 15 nitrogen and oxygen atoms in total. The van der Waals surface area contributed by atoms with E-state index in [1.54, 1.807) is 43.5 Å². The van der Waals surface area contributed by atoms with E-state index in [1.165, 1.54) is 29.1 Å². The summed E-state index contributed by atoms with van der Waals surface area (Å²) in [7, 11) is 1.55. The average Bonchev–Trinajstić information content (AvgIpc) is 3.99. The van der Waals surface area contributed by atoms with Gasteiger partial charge in [-0.05, 0) is 114 Å². The van der Waals surface area contributed by atoms with Crippen LogP contribution in [-0.2, 0) is 0 Å². The number of rotatable bonds is 8. The second kappa shape index (κ2) is 19.2. The van der Waals surface area contributed by atoms with Crippen molar-refractivity contribution >= 4 is 126 Å². The summed E-state index contributed by atoms with van der Waals surface area (Å²) in [6.45, 7) is 2.50. The largest absolute Gasteiger partial charge is 0.573 e. The lowest BCUT2D eigenvalue weighted by molar-refractivity contribution is -0.274. The topological polar surface area (TPSA) is 228 Å². The number of nitrogens with zero attached hydrogens (tertiary/aromatic N) is 4. The molecule has 0 saturated heterocycles. The number of hydrogen-bond donors (Lipinski definition) is 4. The molecule has 23 heteroatoms. The zero-order chi connectivity index (χ0) is 43.0. The van der Waals surface area contributed by atoms with E-state index in [0.29, 0.717) is 33.2 Å². The Morgan fingerprint density at radius 3 is 1.54 bits per heavy atom. The van der Waals surface area contributed by atoms with Crippen molar-refractivity contribution in [1.29, 1.82) is 0 Å². The van der Waals surface area contributed by atoms with Crippen LogP contribution in [-0.4, -0.2) is 81.9 Å². The van der Waals surface area contributed by atoms with E-state index in [9.17, 15) is 32.3 Å². The smallest absolute Gasteiger partial charge is 0.495 e. The van der Waals surface area contributed by atoms with Crippen molar-refractivity contribution in [2.45, 2.75) is 13.3 Å². The van der Waals surface area contributed by atoms with Crippen molar-refractivity contribution < 1.29 is 67.0 Å². The molecule has 4 aromatic heterocycles. The number of carboxylic acid groups (broad SMARTS) is 4. The Hall–Kier alpha value is -6.01. The van der Waals surface area contributed by atoms with E-state index in [-0.39, 0.29) is 28.2 Å². The van der Waals surface area contributed by atoms with Gasteiger partial charge in [0.05, 0.1) is 32.5 Å². The predicted octanol–water partition coefficient (Wildman–Crippen LogP) is 10.0. The summed E-state index contributed by atoms with van der Waals surface area (Å²) >= 11 is 7.62. The highest BCUT2D eigenvalue weighted by Crippen LogP contribution is 2.32. The molecule has 4 heterocycles. The van der Waals surface area contributed by atoms with Crippen LogP contribution in [0.2, 0.25) is 0 Å². The van der Waals surface area contributed by atoms with Crippen molar-refractivity contribution in [3.63, 3.8) is 0 Å². The summed E-state index contributed by atoms with van der Waals surface area (Å²) in [5, 5.41) is 37.5. The van der Waals surface area contributed by atoms with E-state index in [2.05, 4.69) is 38.2 Å². The minimum Gasteiger partial charge on any atom is -0.495 e. The molecule has 8 aromatic rings. The molecule has 0 aliphatic carbocycles. The minimum absolute atomic E-state index is 0.0869. The first-order valence-corrected chi connectivity index (χ1v) is 20.0.